The second-order valence-corrected chi connectivity index (χ2v) is 8.48. The smallest absolute Gasteiger partial charge is 0.307 e. The van der Waals surface area contributed by atoms with Crippen LogP contribution in [0, 0.1) is 5.92 Å². The number of hydrogen-bond donors (Lipinski definition) is 1. The van der Waals surface area contributed by atoms with E-state index in [1.807, 2.05) is 30.5 Å². The van der Waals surface area contributed by atoms with Crippen LogP contribution in [0.15, 0.2) is 91.1 Å². The van der Waals surface area contributed by atoms with Crippen LogP contribution in [-0.4, -0.2) is 34.0 Å². The van der Waals surface area contributed by atoms with Crippen LogP contribution in [0.5, 0.6) is 0 Å². The molecule has 1 aliphatic heterocycles. The van der Waals surface area contributed by atoms with Crippen molar-refractivity contribution in [3.05, 3.63) is 102 Å². The van der Waals surface area contributed by atoms with E-state index in [0.29, 0.717) is 6.54 Å². The third-order valence-electron chi connectivity index (χ3n) is 6.48. The van der Waals surface area contributed by atoms with E-state index in [2.05, 4.69) is 70.5 Å². The summed E-state index contributed by atoms with van der Waals surface area (Å²) in [5, 5.41) is 10.8. The molecule has 160 valence electrons. The summed E-state index contributed by atoms with van der Waals surface area (Å²) in [5.74, 6) is -1.03. The quantitative estimate of drug-likeness (QED) is 0.442. The second kappa shape index (κ2) is 8.93. The zero-order valence-electron chi connectivity index (χ0n) is 17.9. The van der Waals surface area contributed by atoms with Crippen LogP contribution in [-0.2, 0) is 4.79 Å². The number of carbonyl (C=O) groups is 1. The maximum absolute atomic E-state index is 11.8. The van der Waals surface area contributed by atoms with Crippen molar-refractivity contribution in [2.24, 2.45) is 5.92 Å². The Morgan fingerprint density at radius 2 is 1.62 bits per heavy atom. The number of nitrogens with zero attached hydrogens (tertiary/aromatic N) is 2. The first-order valence-electron chi connectivity index (χ1n) is 11.2. The maximum Gasteiger partial charge on any atom is 0.307 e. The average molecular weight is 423 g/mol. The van der Waals surface area contributed by atoms with E-state index >= 15 is 0 Å². The summed E-state index contributed by atoms with van der Waals surface area (Å²) >= 11 is 0. The number of carboxylic acid groups (broad SMARTS) is 1. The van der Waals surface area contributed by atoms with Crippen molar-refractivity contribution in [2.75, 3.05) is 13.1 Å². The second-order valence-electron chi connectivity index (χ2n) is 8.48. The molecule has 4 aromatic rings. The molecule has 1 saturated heterocycles. The fourth-order valence-corrected chi connectivity index (χ4v) is 4.87. The number of carboxylic acids is 1. The van der Waals surface area contributed by atoms with E-state index < -0.39 is 5.97 Å². The van der Waals surface area contributed by atoms with Gasteiger partial charge in [0.05, 0.1) is 17.5 Å². The Balaban J connectivity index is 1.59. The van der Waals surface area contributed by atoms with Crippen molar-refractivity contribution >= 4 is 16.9 Å². The fraction of sp³-hybridized carbons (Fsp3) is 0.214. The van der Waals surface area contributed by atoms with E-state index in [4.69, 9.17) is 0 Å². The minimum absolute atomic E-state index is 0.0186. The first-order chi connectivity index (χ1) is 15.7. The van der Waals surface area contributed by atoms with Crippen LogP contribution in [0.2, 0.25) is 0 Å². The first-order valence-corrected chi connectivity index (χ1v) is 11.2. The molecular weight excluding hydrogens is 396 g/mol. The SMILES string of the molecule is O=C(O)C1CCCN(C(c2ccc(-c3ccccc3)cc2)c2ccnc3ccccc23)C1. The Morgan fingerprint density at radius 1 is 0.906 bits per heavy atom. The molecule has 3 aromatic carbocycles. The highest BCUT2D eigenvalue weighted by atomic mass is 16.4. The number of hydrogen-bond acceptors (Lipinski definition) is 3. The minimum Gasteiger partial charge on any atom is -0.481 e. The molecule has 0 spiro atoms. The zero-order valence-corrected chi connectivity index (χ0v) is 17.9. The third-order valence-corrected chi connectivity index (χ3v) is 6.48. The number of fused-ring (bicyclic) bond motifs is 1. The van der Waals surface area contributed by atoms with Crippen molar-refractivity contribution in [3.63, 3.8) is 0 Å². The Hall–Kier alpha value is -3.50. The number of benzene rings is 3. The lowest BCUT2D eigenvalue weighted by atomic mass is 9.89. The molecule has 1 fully saturated rings. The average Bonchev–Trinajstić information content (AvgIpc) is 2.85. The van der Waals surface area contributed by atoms with Gasteiger partial charge in [-0.05, 0) is 53.8 Å². The van der Waals surface area contributed by atoms with Gasteiger partial charge in [-0.1, -0.05) is 72.8 Å². The molecule has 32 heavy (non-hydrogen) atoms. The Bertz CT molecular complexity index is 1220. The molecule has 2 atom stereocenters. The molecule has 0 bridgehead atoms. The number of rotatable bonds is 5. The Morgan fingerprint density at radius 3 is 2.41 bits per heavy atom. The summed E-state index contributed by atoms with van der Waals surface area (Å²) in [4.78, 5) is 18.7. The third kappa shape index (κ3) is 4.02. The molecule has 0 saturated carbocycles. The van der Waals surface area contributed by atoms with Gasteiger partial charge >= 0.3 is 5.97 Å². The molecule has 2 unspecified atom stereocenters. The van der Waals surface area contributed by atoms with Gasteiger partial charge in [0.25, 0.3) is 0 Å². The lowest BCUT2D eigenvalue weighted by Gasteiger charge is -2.38. The van der Waals surface area contributed by atoms with Gasteiger partial charge in [-0.25, -0.2) is 0 Å². The molecule has 1 N–H and O–H groups in total. The van der Waals surface area contributed by atoms with Gasteiger partial charge in [0.2, 0.25) is 0 Å². The molecule has 4 heteroatoms. The van der Waals surface area contributed by atoms with E-state index in [1.165, 1.54) is 22.3 Å². The molecule has 0 aliphatic carbocycles. The number of piperidine rings is 1. The number of likely N-dealkylation sites (tertiary alicyclic amines) is 1. The number of aromatic nitrogens is 1. The maximum atomic E-state index is 11.8. The number of aliphatic carboxylic acids is 1. The standard InChI is InChI=1S/C28H26N2O2/c31-28(32)23-9-6-18-30(19-23)27(25-16-17-29-26-11-5-4-10-24(25)26)22-14-12-21(13-15-22)20-7-2-1-3-8-20/h1-5,7-8,10-17,23,27H,6,9,18-19H2,(H,31,32). The van der Waals surface area contributed by atoms with Gasteiger partial charge in [-0.3, -0.25) is 14.7 Å². The summed E-state index contributed by atoms with van der Waals surface area (Å²) in [5.41, 5.74) is 5.67. The Kier molecular flexibility index (Phi) is 5.70. The summed E-state index contributed by atoms with van der Waals surface area (Å²) < 4.78 is 0. The fourth-order valence-electron chi connectivity index (χ4n) is 4.87. The molecule has 5 rings (SSSR count). The van der Waals surface area contributed by atoms with Gasteiger partial charge in [-0.15, -0.1) is 0 Å². The van der Waals surface area contributed by atoms with Crippen molar-refractivity contribution in [3.8, 4) is 11.1 Å². The van der Waals surface area contributed by atoms with Crippen molar-refractivity contribution in [1.82, 2.24) is 9.88 Å². The molecule has 1 aromatic heterocycles. The largest absolute Gasteiger partial charge is 0.481 e. The molecule has 0 amide bonds. The summed E-state index contributed by atoms with van der Waals surface area (Å²) in [6.45, 7) is 1.43. The summed E-state index contributed by atoms with van der Waals surface area (Å²) in [6, 6.07) is 29.3. The molecule has 2 heterocycles. The van der Waals surface area contributed by atoms with Crippen LogP contribution >= 0.6 is 0 Å². The number of para-hydroxylation sites is 1. The van der Waals surface area contributed by atoms with Gasteiger partial charge in [0.1, 0.15) is 0 Å². The van der Waals surface area contributed by atoms with Crippen LogP contribution < -0.4 is 0 Å². The first kappa shape index (κ1) is 20.4. The van der Waals surface area contributed by atoms with Gasteiger partial charge < -0.3 is 5.11 Å². The van der Waals surface area contributed by atoms with E-state index in [1.54, 1.807) is 0 Å². The molecule has 1 aliphatic rings. The molecule has 0 radical (unpaired) electrons. The van der Waals surface area contributed by atoms with Crippen LogP contribution in [0.3, 0.4) is 0 Å². The van der Waals surface area contributed by atoms with Crippen molar-refractivity contribution < 1.29 is 9.90 Å². The number of pyridine rings is 1. The Labute approximate surface area is 188 Å². The van der Waals surface area contributed by atoms with E-state index in [9.17, 15) is 9.90 Å². The van der Waals surface area contributed by atoms with Gasteiger partial charge in [0.15, 0.2) is 0 Å². The topological polar surface area (TPSA) is 53.4 Å². The predicted molar refractivity (Wildman–Crippen MR) is 127 cm³/mol. The van der Waals surface area contributed by atoms with Crippen molar-refractivity contribution in [2.45, 2.75) is 18.9 Å². The highest BCUT2D eigenvalue weighted by Crippen LogP contribution is 2.36. The van der Waals surface area contributed by atoms with Crippen molar-refractivity contribution in [1.29, 1.82) is 0 Å². The molecular formula is C28H26N2O2. The highest BCUT2D eigenvalue weighted by Gasteiger charge is 2.32. The summed E-state index contributed by atoms with van der Waals surface area (Å²) in [6.07, 6.45) is 3.49. The van der Waals surface area contributed by atoms with Crippen LogP contribution in [0.1, 0.15) is 30.0 Å². The molecule has 4 nitrogen and oxygen atoms in total. The predicted octanol–water partition coefficient (Wildman–Crippen LogP) is 5.79. The normalized spacial score (nSPS) is 17.8. The minimum atomic E-state index is -0.701. The van der Waals surface area contributed by atoms with E-state index in [-0.39, 0.29) is 12.0 Å². The van der Waals surface area contributed by atoms with E-state index in [0.717, 1.165) is 30.3 Å². The van der Waals surface area contributed by atoms with Gasteiger partial charge in [0, 0.05) is 18.1 Å². The zero-order chi connectivity index (χ0) is 21.9. The van der Waals surface area contributed by atoms with Crippen LogP contribution in [0.4, 0.5) is 0 Å². The monoisotopic (exact) mass is 422 g/mol. The lowest BCUT2D eigenvalue weighted by Crippen LogP contribution is -2.41. The lowest BCUT2D eigenvalue weighted by molar-refractivity contribution is -0.143. The highest BCUT2D eigenvalue weighted by molar-refractivity contribution is 5.83. The van der Waals surface area contributed by atoms with Gasteiger partial charge in [-0.2, -0.15) is 0 Å². The summed E-state index contributed by atoms with van der Waals surface area (Å²) in [7, 11) is 0. The van der Waals surface area contributed by atoms with Crippen LogP contribution in [0.25, 0.3) is 22.0 Å².